The number of aliphatic hydroxyl groups is 1. The van der Waals surface area contributed by atoms with Crippen molar-refractivity contribution in [2.24, 2.45) is 5.73 Å². The Labute approximate surface area is 190 Å². The zero-order chi connectivity index (χ0) is 22.7. The van der Waals surface area contributed by atoms with Crippen molar-refractivity contribution in [3.63, 3.8) is 0 Å². The molecule has 3 heterocycles. The third-order valence-corrected chi connectivity index (χ3v) is 5.80. The Hall–Kier alpha value is -3.14. The maximum absolute atomic E-state index is 12.8. The lowest BCUT2D eigenvalue weighted by Gasteiger charge is -2.37. The minimum Gasteiger partial charge on any atom is -0.387 e. The maximum Gasteiger partial charge on any atom is 0.251 e. The van der Waals surface area contributed by atoms with E-state index in [0.717, 1.165) is 16.6 Å². The number of carbonyl (C=O) groups is 2. The van der Waals surface area contributed by atoms with E-state index in [9.17, 15) is 9.59 Å². The number of aliphatic hydroxyl groups excluding tert-OH is 1. The van der Waals surface area contributed by atoms with Gasteiger partial charge in [0.2, 0.25) is 5.91 Å². The number of fused-ring (bicyclic) bond motifs is 1. The fraction of sp³-hybridized carbons (Fsp3) is 0.318. The molecule has 0 spiro atoms. The molecule has 1 atom stereocenters. The molecule has 1 aliphatic rings. The second-order valence-corrected chi connectivity index (χ2v) is 8.17. The smallest absolute Gasteiger partial charge is 0.251 e. The van der Waals surface area contributed by atoms with Crippen LogP contribution in [0.3, 0.4) is 0 Å². The summed E-state index contributed by atoms with van der Waals surface area (Å²) < 4.78 is 0. The van der Waals surface area contributed by atoms with E-state index in [-0.39, 0.29) is 5.91 Å². The number of aromatic nitrogens is 2. The van der Waals surface area contributed by atoms with E-state index in [1.807, 2.05) is 18.2 Å². The fourth-order valence-corrected chi connectivity index (χ4v) is 4.04. The van der Waals surface area contributed by atoms with E-state index in [1.165, 1.54) is 0 Å². The van der Waals surface area contributed by atoms with Crippen LogP contribution in [-0.4, -0.2) is 70.6 Å². The van der Waals surface area contributed by atoms with E-state index in [0.29, 0.717) is 49.1 Å². The van der Waals surface area contributed by atoms with Gasteiger partial charge in [0.15, 0.2) is 0 Å². The second kappa shape index (κ2) is 9.56. The molecular formula is C22H25ClN6O3. The quantitative estimate of drug-likeness (QED) is 0.443. The third kappa shape index (κ3) is 4.85. The Bertz CT molecular complexity index is 1110. The number of nitrogens with one attached hydrogen (secondary N) is 2. The average Bonchev–Trinajstić information content (AvgIpc) is 3.22. The van der Waals surface area contributed by atoms with Crippen molar-refractivity contribution in [1.29, 1.82) is 0 Å². The molecule has 10 heteroatoms. The lowest BCUT2D eigenvalue weighted by atomic mass is 10.1. The van der Waals surface area contributed by atoms with Gasteiger partial charge in [-0.15, -0.1) is 0 Å². The van der Waals surface area contributed by atoms with Crippen LogP contribution in [-0.2, 0) is 16.0 Å². The minimum absolute atomic E-state index is 0.0601. The summed E-state index contributed by atoms with van der Waals surface area (Å²) in [6, 6.07) is 10.5. The average molecular weight is 457 g/mol. The van der Waals surface area contributed by atoms with Crippen molar-refractivity contribution in [2.45, 2.75) is 12.5 Å². The van der Waals surface area contributed by atoms with Crippen molar-refractivity contribution < 1.29 is 14.7 Å². The van der Waals surface area contributed by atoms with Crippen molar-refractivity contribution >= 4 is 46.0 Å². The fourth-order valence-electron chi connectivity index (χ4n) is 3.91. The van der Waals surface area contributed by atoms with E-state index < -0.39 is 18.6 Å². The monoisotopic (exact) mass is 456 g/mol. The first-order valence-corrected chi connectivity index (χ1v) is 10.7. The summed E-state index contributed by atoms with van der Waals surface area (Å²) in [5, 5.41) is 13.0. The van der Waals surface area contributed by atoms with Gasteiger partial charge < -0.3 is 30.9 Å². The predicted molar refractivity (Wildman–Crippen MR) is 124 cm³/mol. The molecule has 1 fully saturated rings. The number of carbonyl (C=O) groups excluding carboxylic acids is 2. The number of hydrogen-bond donors (Lipinski definition) is 4. The summed E-state index contributed by atoms with van der Waals surface area (Å²) in [7, 11) is 0. The molecular weight excluding hydrogens is 432 g/mol. The van der Waals surface area contributed by atoms with Crippen LogP contribution in [0.5, 0.6) is 0 Å². The van der Waals surface area contributed by atoms with Gasteiger partial charge in [0, 0.05) is 48.5 Å². The van der Waals surface area contributed by atoms with Gasteiger partial charge in [0.1, 0.15) is 18.1 Å². The number of amides is 2. The number of nitrogens with two attached hydrogens (primary N) is 1. The van der Waals surface area contributed by atoms with Crippen LogP contribution in [0.4, 0.5) is 11.5 Å². The van der Waals surface area contributed by atoms with Gasteiger partial charge >= 0.3 is 0 Å². The number of piperazine rings is 1. The summed E-state index contributed by atoms with van der Waals surface area (Å²) in [6.07, 6.45) is 2.16. The SMILES string of the molecule is N[C@H](Cc1ccc(Cl)cc1)C(=O)N1CCN(c2ccnc3[nH]c(NC(=O)CO)cc23)CC1. The Morgan fingerprint density at radius 3 is 2.59 bits per heavy atom. The molecule has 0 aliphatic carbocycles. The molecule has 1 aliphatic heterocycles. The highest BCUT2D eigenvalue weighted by molar-refractivity contribution is 6.30. The highest BCUT2D eigenvalue weighted by Gasteiger charge is 2.26. The Morgan fingerprint density at radius 1 is 1.19 bits per heavy atom. The number of anilines is 2. The van der Waals surface area contributed by atoms with Crippen molar-refractivity contribution in [2.75, 3.05) is 43.0 Å². The molecule has 1 saturated heterocycles. The molecule has 0 radical (unpaired) electrons. The Kier molecular flexibility index (Phi) is 6.59. The summed E-state index contributed by atoms with van der Waals surface area (Å²) in [4.78, 5) is 35.6. The summed E-state index contributed by atoms with van der Waals surface area (Å²) in [5.74, 6) is -0.0868. The number of hydrogen-bond acceptors (Lipinski definition) is 6. The highest BCUT2D eigenvalue weighted by atomic mass is 35.5. The van der Waals surface area contributed by atoms with Gasteiger partial charge in [-0.3, -0.25) is 9.59 Å². The number of rotatable bonds is 6. The van der Waals surface area contributed by atoms with Crippen LogP contribution < -0.4 is 16.0 Å². The molecule has 2 aromatic heterocycles. The van der Waals surface area contributed by atoms with Gasteiger partial charge in [-0.2, -0.15) is 0 Å². The topological polar surface area (TPSA) is 128 Å². The maximum atomic E-state index is 12.8. The lowest BCUT2D eigenvalue weighted by molar-refractivity contribution is -0.132. The van der Waals surface area contributed by atoms with E-state index in [4.69, 9.17) is 22.4 Å². The molecule has 3 aromatic rings. The van der Waals surface area contributed by atoms with Crippen molar-refractivity contribution in [1.82, 2.24) is 14.9 Å². The molecule has 32 heavy (non-hydrogen) atoms. The van der Waals surface area contributed by atoms with Crippen LogP contribution in [0.1, 0.15) is 5.56 Å². The zero-order valence-corrected chi connectivity index (χ0v) is 18.2. The summed E-state index contributed by atoms with van der Waals surface area (Å²) in [5.41, 5.74) is 8.77. The van der Waals surface area contributed by atoms with Gasteiger partial charge in [-0.05, 0) is 36.2 Å². The first kappa shape index (κ1) is 22.1. The largest absolute Gasteiger partial charge is 0.387 e. The number of aromatic amines is 1. The van der Waals surface area contributed by atoms with E-state index in [1.54, 1.807) is 29.3 Å². The predicted octanol–water partition coefficient (Wildman–Crippen LogP) is 1.37. The second-order valence-electron chi connectivity index (χ2n) is 7.73. The lowest BCUT2D eigenvalue weighted by Crippen LogP contribution is -2.53. The Morgan fingerprint density at radius 2 is 1.91 bits per heavy atom. The number of pyridine rings is 1. The molecule has 5 N–H and O–H groups in total. The minimum atomic E-state index is -0.599. The van der Waals surface area contributed by atoms with Crippen LogP contribution in [0.15, 0.2) is 42.6 Å². The first-order chi connectivity index (χ1) is 15.4. The number of nitrogens with zero attached hydrogens (tertiary/aromatic N) is 3. The van der Waals surface area contributed by atoms with Crippen LogP contribution in [0.2, 0.25) is 5.02 Å². The zero-order valence-electron chi connectivity index (χ0n) is 17.4. The first-order valence-electron chi connectivity index (χ1n) is 10.4. The van der Waals surface area contributed by atoms with E-state index >= 15 is 0 Å². The van der Waals surface area contributed by atoms with Crippen molar-refractivity contribution in [3.8, 4) is 0 Å². The van der Waals surface area contributed by atoms with Gasteiger partial charge in [0.25, 0.3) is 5.91 Å². The summed E-state index contributed by atoms with van der Waals surface area (Å²) >= 11 is 5.92. The normalized spacial score (nSPS) is 15.1. The summed E-state index contributed by atoms with van der Waals surface area (Å²) in [6.45, 7) is 1.85. The highest BCUT2D eigenvalue weighted by Crippen LogP contribution is 2.28. The third-order valence-electron chi connectivity index (χ3n) is 5.54. The van der Waals surface area contributed by atoms with Crippen molar-refractivity contribution in [3.05, 3.63) is 53.2 Å². The molecule has 1 aromatic carbocycles. The standard InChI is InChI=1S/C22H25ClN6O3/c23-15-3-1-14(2-4-15)11-17(24)22(32)29-9-7-28(8-10-29)18-5-6-25-21-16(18)12-19(27-21)26-20(31)13-30/h1-6,12,17,30H,7-11,13,24H2,(H,25,27)(H,26,31)/t17-/m1/s1. The van der Waals surface area contributed by atoms with Crippen LogP contribution >= 0.6 is 11.6 Å². The van der Waals surface area contributed by atoms with Gasteiger partial charge in [-0.1, -0.05) is 23.7 Å². The number of H-pyrrole nitrogens is 1. The molecule has 4 rings (SSSR count). The number of benzene rings is 1. The number of halogens is 1. The van der Waals surface area contributed by atoms with Gasteiger partial charge in [-0.25, -0.2) is 4.98 Å². The van der Waals surface area contributed by atoms with Gasteiger partial charge in [0.05, 0.1) is 6.04 Å². The van der Waals surface area contributed by atoms with E-state index in [2.05, 4.69) is 20.2 Å². The molecule has 2 amide bonds. The molecule has 168 valence electrons. The Balaban J connectivity index is 1.39. The molecule has 0 bridgehead atoms. The van der Waals surface area contributed by atoms with Crippen LogP contribution in [0, 0.1) is 0 Å². The molecule has 9 nitrogen and oxygen atoms in total. The molecule has 0 saturated carbocycles. The van der Waals surface area contributed by atoms with Crippen LogP contribution in [0.25, 0.3) is 11.0 Å². The molecule has 0 unspecified atom stereocenters.